The molecule has 0 N–H and O–H groups in total. The summed E-state index contributed by atoms with van der Waals surface area (Å²) < 4.78 is 15.9. The Morgan fingerprint density at radius 3 is 2.35 bits per heavy atom. The lowest BCUT2D eigenvalue weighted by molar-refractivity contribution is -0.0160. The summed E-state index contributed by atoms with van der Waals surface area (Å²) >= 11 is 0. The molecule has 0 aliphatic rings. The monoisotopic (exact) mass is 240 g/mol. The lowest BCUT2D eigenvalue weighted by atomic mass is 10.2. The van der Waals surface area contributed by atoms with E-state index in [1.54, 1.807) is 14.2 Å². The lowest BCUT2D eigenvalue weighted by Crippen LogP contribution is -2.19. The Kier molecular flexibility index (Phi) is 4.84. The molecule has 0 aromatic carbocycles. The van der Waals surface area contributed by atoms with Crippen LogP contribution >= 0.6 is 0 Å². The highest BCUT2D eigenvalue weighted by molar-refractivity contribution is 5.25. The fourth-order valence-electron chi connectivity index (χ4n) is 1.25. The van der Waals surface area contributed by atoms with Gasteiger partial charge in [0, 0.05) is 12.7 Å². The summed E-state index contributed by atoms with van der Waals surface area (Å²) in [7, 11) is 3.19. The molecule has 5 nitrogen and oxygen atoms in total. The molecule has 0 aliphatic carbocycles. The van der Waals surface area contributed by atoms with E-state index < -0.39 is 0 Å². The average Bonchev–Trinajstić information content (AvgIpc) is 2.26. The third-order valence-electron chi connectivity index (χ3n) is 2.03. The standard InChI is InChI=1S/C12H20N2O3/c1-12(2,3)17-7-9-6-10(8-15-4)13-14-11(9)16-5/h6H,7-8H2,1-5H3. The zero-order chi connectivity index (χ0) is 12.9. The van der Waals surface area contributed by atoms with Crippen LogP contribution in [0.25, 0.3) is 0 Å². The number of nitrogens with zero attached hydrogens (tertiary/aromatic N) is 2. The Balaban J connectivity index is 2.82. The highest BCUT2D eigenvalue weighted by atomic mass is 16.5. The van der Waals surface area contributed by atoms with Crippen molar-refractivity contribution in [1.29, 1.82) is 0 Å². The van der Waals surface area contributed by atoms with Gasteiger partial charge in [0.15, 0.2) is 0 Å². The first-order chi connectivity index (χ1) is 7.96. The molecule has 0 fully saturated rings. The van der Waals surface area contributed by atoms with E-state index in [1.165, 1.54) is 0 Å². The molecule has 1 aromatic heterocycles. The number of hydrogen-bond donors (Lipinski definition) is 0. The van der Waals surface area contributed by atoms with E-state index in [-0.39, 0.29) is 5.60 Å². The van der Waals surface area contributed by atoms with Crippen LogP contribution in [0.3, 0.4) is 0 Å². The maximum absolute atomic E-state index is 5.70. The summed E-state index contributed by atoms with van der Waals surface area (Å²) in [6, 6.07) is 1.89. The number of ether oxygens (including phenoxy) is 3. The third kappa shape index (κ3) is 4.66. The molecule has 0 atom stereocenters. The first kappa shape index (κ1) is 13.9. The lowest BCUT2D eigenvalue weighted by Gasteiger charge is -2.20. The Bertz CT molecular complexity index is 361. The zero-order valence-electron chi connectivity index (χ0n) is 11.1. The zero-order valence-corrected chi connectivity index (χ0v) is 11.1. The van der Waals surface area contributed by atoms with E-state index in [9.17, 15) is 0 Å². The Morgan fingerprint density at radius 2 is 1.82 bits per heavy atom. The van der Waals surface area contributed by atoms with Gasteiger partial charge < -0.3 is 14.2 Å². The summed E-state index contributed by atoms with van der Waals surface area (Å²) in [5, 5.41) is 7.97. The van der Waals surface area contributed by atoms with Gasteiger partial charge in [0.1, 0.15) is 0 Å². The number of rotatable bonds is 5. The van der Waals surface area contributed by atoms with Gasteiger partial charge in [-0.25, -0.2) is 0 Å². The first-order valence-corrected chi connectivity index (χ1v) is 5.48. The minimum absolute atomic E-state index is 0.199. The van der Waals surface area contributed by atoms with Crippen molar-refractivity contribution in [2.75, 3.05) is 14.2 Å². The summed E-state index contributed by atoms with van der Waals surface area (Å²) in [6.45, 7) is 6.89. The SMILES string of the molecule is COCc1cc(COC(C)(C)C)c(OC)nn1. The van der Waals surface area contributed by atoms with Crippen molar-refractivity contribution in [2.24, 2.45) is 0 Å². The summed E-state index contributed by atoms with van der Waals surface area (Å²) in [5.74, 6) is 0.495. The van der Waals surface area contributed by atoms with Crippen molar-refractivity contribution in [2.45, 2.75) is 39.6 Å². The van der Waals surface area contributed by atoms with E-state index in [2.05, 4.69) is 10.2 Å². The predicted octanol–water partition coefficient (Wildman–Crippen LogP) is 1.95. The molecule has 0 amide bonds. The van der Waals surface area contributed by atoms with Crippen molar-refractivity contribution < 1.29 is 14.2 Å². The molecular weight excluding hydrogens is 220 g/mol. The molecule has 0 saturated carbocycles. The van der Waals surface area contributed by atoms with E-state index in [4.69, 9.17) is 14.2 Å². The van der Waals surface area contributed by atoms with E-state index in [0.29, 0.717) is 19.1 Å². The largest absolute Gasteiger partial charge is 0.480 e. The predicted molar refractivity (Wildman–Crippen MR) is 63.8 cm³/mol. The van der Waals surface area contributed by atoms with Crippen LogP contribution < -0.4 is 4.74 Å². The van der Waals surface area contributed by atoms with Crippen molar-refractivity contribution in [1.82, 2.24) is 10.2 Å². The van der Waals surface area contributed by atoms with Crippen LogP contribution in [-0.2, 0) is 22.7 Å². The van der Waals surface area contributed by atoms with E-state index in [0.717, 1.165) is 11.3 Å². The van der Waals surface area contributed by atoms with Crippen LogP contribution in [0.4, 0.5) is 0 Å². The molecule has 1 aromatic rings. The fraction of sp³-hybridized carbons (Fsp3) is 0.667. The average molecular weight is 240 g/mol. The minimum atomic E-state index is -0.199. The molecule has 0 unspecified atom stereocenters. The van der Waals surface area contributed by atoms with Gasteiger partial charge in [-0.15, -0.1) is 10.2 Å². The molecule has 17 heavy (non-hydrogen) atoms. The Hall–Kier alpha value is -1.20. The molecule has 5 heteroatoms. The van der Waals surface area contributed by atoms with Crippen LogP contribution in [0.2, 0.25) is 0 Å². The van der Waals surface area contributed by atoms with Gasteiger partial charge >= 0.3 is 0 Å². The molecule has 1 heterocycles. The molecule has 0 aliphatic heterocycles. The van der Waals surface area contributed by atoms with Gasteiger partial charge in [-0.3, -0.25) is 0 Å². The van der Waals surface area contributed by atoms with Crippen molar-refractivity contribution >= 4 is 0 Å². The van der Waals surface area contributed by atoms with Gasteiger partial charge in [-0.05, 0) is 26.8 Å². The maximum atomic E-state index is 5.70. The van der Waals surface area contributed by atoms with Crippen LogP contribution in [-0.4, -0.2) is 30.0 Å². The minimum Gasteiger partial charge on any atom is -0.480 e. The highest BCUT2D eigenvalue weighted by Crippen LogP contribution is 2.19. The van der Waals surface area contributed by atoms with Crippen LogP contribution in [0.15, 0.2) is 6.07 Å². The molecular formula is C12H20N2O3. The smallest absolute Gasteiger partial charge is 0.238 e. The van der Waals surface area contributed by atoms with Gasteiger partial charge in [-0.2, -0.15) is 0 Å². The second-order valence-electron chi connectivity index (χ2n) is 4.70. The summed E-state index contributed by atoms with van der Waals surface area (Å²) in [6.07, 6.45) is 0. The van der Waals surface area contributed by atoms with Gasteiger partial charge in [0.25, 0.3) is 0 Å². The molecule has 96 valence electrons. The van der Waals surface area contributed by atoms with E-state index in [1.807, 2.05) is 26.8 Å². The van der Waals surface area contributed by atoms with Crippen LogP contribution in [0.1, 0.15) is 32.0 Å². The normalized spacial score (nSPS) is 11.6. The fourth-order valence-corrected chi connectivity index (χ4v) is 1.25. The van der Waals surface area contributed by atoms with Gasteiger partial charge in [0.05, 0.1) is 31.6 Å². The number of hydrogen-bond acceptors (Lipinski definition) is 5. The molecule has 0 saturated heterocycles. The topological polar surface area (TPSA) is 53.5 Å². The van der Waals surface area contributed by atoms with E-state index >= 15 is 0 Å². The number of methoxy groups -OCH3 is 2. The van der Waals surface area contributed by atoms with Crippen molar-refractivity contribution in [3.63, 3.8) is 0 Å². The molecule has 0 spiro atoms. The Labute approximate surface area is 102 Å². The second kappa shape index (κ2) is 5.93. The quantitative estimate of drug-likeness (QED) is 0.787. The summed E-state index contributed by atoms with van der Waals surface area (Å²) in [4.78, 5) is 0. The van der Waals surface area contributed by atoms with Crippen molar-refractivity contribution in [3.05, 3.63) is 17.3 Å². The third-order valence-corrected chi connectivity index (χ3v) is 2.03. The van der Waals surface area contributed by atoms with Crippen LogP contribution in [0.5, 0.6) is 5.88 Å². The number of aromatic nitrogens is 2. The first-order valence-electron chi connectivity index (χ1n) is 5.48. The van der Waals surface area contributed by atoms with Crippen LogP contribution in [0, 0.1) is 0 Å². The Morgan fingerprint density at radius 1 is 1.12 bits per heavy atom. The van der Waals surface area contributed by atoms with Crippen molar-refractivity contribution in [3.8, 4) is 5.88 Å². The van der Waals surface area contributed by atoms with Gasteiger partial charge in [-0.1, -0.05) is 0 Å². The van der Waals surface area contributed by atoms with Gasteiger partial charge in [0.2, 0.25) is 5.88 Å². The highest BCUT2D eigenvalue weighted by Gasteiger charge is 2.14. The molecule has 0 radical (unpaired) electrons. The molecule has 0 bridgehead atoms. The molecule has 1 rings (SSSR count). The second-order valence-corrected chi connectivity index (χ2v) is 4.70. The summed E-state index contributed by atoms with van der Waals surface area (Å²) in [5.41, 5.74) is 1.45. The maximum Gasteiger partial charge on any atom is 0.238 e.